The molecule has 0 saturated carbocycles. The fourth-order valence-electron chi connectivity index (χ4n) is 1.81. The molecule has 0 aliphatic carbocycles. The third-order valence-corrected chi connectivity index (χ3v) is 2.92. The average Bonchev–Trinajstić information content (AvgIpc) is 2.46. The van der Waals surface area contributed by atoms with Gasteiger partial charge in [-0.05, 0) is 36.4 Å². The number of hydrogen-bond acceptors (Lipinski definition) is 4. The maximum absolute atomic E-state index is 11.1. The summed E-state index contributed by atoms with van der Waals surface area (Å²) < 4.78 is 5.11. The highest BCUT2D eigenvalue weighted by Crippen LogP contribution is 2.24. The van der Waals surface area contributed by atoms with Crippen LogP contribution in [0.3, 0.4) is 0 Å². The van der Waals surface area contributed by atoms with Crippen molar-refractivity contribution in [2.45, 2.75) is 6.54 Å². The molecule has 0 unspecified atom stereocenters. The fraction of sp³-hybridized carbons (Fsp3) is 0.133. The molecule has 2 rings (SSSR count). The molecule has 0 aliphatic rings. The van der Waals surface area contributed by atoms with Gasteiger partial charge in [-0.2, -0.15) is 0 Å². The van der Waals surface area contributed by atoms with Crippen LogP contribution in [-0.2, 0) is 6.54 Å². The predicted molar refractivity (Wildman–Crippen MR) is 76.9 cm³/mol. The van der Waals surface area contributed by atoms with Gasteiger partial charge in [-0.1, -0.05) is 6.07 Å². The maximum Gasteiger partial charge on any atom is 0.248 e. The predicted octanol–water partition coefficient (Wildman–Crippen LogP) is 2.11. The number of carbonyl (C=O) groups excluding carboxylic acids is 1. The number of benzene rings is 2. The summed E-state index contributed by atoms with van der Waals surface area (Å²) in [5.74, 6) is 0.382. The normalized spacial score (nSPS) is 10.1. The highest BCUT2D eigenvalue weighted by atomic mass is 16.5. The second-order valence-electron chi connectivity index (χ2n) is 4.29. The van der Waals surface area contributed by atoms with Crippen LogP contribution in [0.15, 0.2) is 42.5 Å². The number of carbonyl (C=O) groups is 1. The van der Waals surface area contributed by atoms with Crippen molar-refractivity contribution in [3.05, 3.63) is 53.6 Å². The highest BCUT2D eigenvalue weighted by Gasteiger charge is 2.05. The summed E-state index contributed by atoms with van der Waals surface area (Å²) in [6, 6.07) is 11.9. The molecule has 0 bridgehead atoms. The first kappa shape index (κ1) is 13.7. The number of ether oxygens (including phenoxy) is 1. The van der Waals surface area contributed by atoms with Crippen LogP contribution >= 0.6 is 0 Å². The molecule has 0 aromatic heterocycles. The lowest BCUT2D eigenvalue weighted by molar-refractivity contribution is 0.100. The summed E-state index contributed by atoms with van der Waals surface area (Å²) in [6.07, 6.45) is 0. The summed E-state index contributed by atoms with van der Waals surface area (Å²) in [6.45, 7) is 0.408. The summed E-state index contributed by atoms with van der Waals surface area (Å²) in [5, 5.41) is 12.9. The minimum absolute atomic E-state index is 0.185. The molecule has 2 aromatic rings. The maximum atomic E-state index is 11.1. The summed E-state index contributed by atoms with van der Waals surface area (Å²) in [4.78, 5) is 11.1. The number of hydrogen-bond donors (Lipinski definition) is 3. The standard InChI is InChI=1S/C15H16N2O3/c1-20-13-5-6-14(18)11(8-13)9-17-12-4-2-3-10(7-12)15(16)19/h2-8,17-18H,9H2,1H3,(H2,16,19). The van der Waals surface area contributed by atoms with Gasteiger partial charge in [0.2, 0.25) is 5.91 Å². The lowest BCUT2D eigenvalue weighted by Gasteiger charge is -2.10. The van der Waals surface area contributed by atoms with Gasteiger partial charge in [0, 0.05) is 23.4 Å². The Morgan fingerprint density at radius 2 is 2.10 bits per heavy atom. The first-order valence-corrected chi connectivity index (χ1v) is 6.10. The molecule has 2 aromatic carbocycles. The molecule has 20 heavy (non-hydrogen) atoms. The van der Waals surface area contributed by atoms with Gasteiger partial charge in [0.1, 0.15) is 11.5 Å². The Bertz CT molecular complexity index is 626. The van der Waals surface area contributed by atoms with E-state index >= 15 is 0 Å². The van der Waals surface area contributed by atoms with E-state index in [-0.39, 0.29) is 5.75 Å². The Balaban J connectivity index is 2.12. The van der Waals surface area contributed by atoms with Crippen molar-refractivity contribution >= 4 is 11.6 Å². The van der Waals surface area contributed by atoms with Crippen molar-refractivity contribution in [2.24, 2.45) is 5.73 Å². The molecule has 5 heteroatoms. The first-order valence-electron chi connectivity index (χ1n) is 6.10. The number of methoxy groups -OCH3 is 1. The molecule has 4 N–H and O–H groups in total. The zero-order valence-electron chi connectivity index (χ0n) is 11.1. The molecule has 0 heterocycles. The van der Waals surface area contributed by atoms with Crippen molar-refractivity contribution in [3.63, 3.8) is 0 Å². The Hall–Kier alpha value is -2.69. The number of amides is 1. The number of nitrogens with one attached hydrogen (secondary N) is 1. The number of nitrogens with two attached hydrogens (primary N) is 1. The van der Waals surface area contributed by atoms with E-state index in [1.807, 2.05) is 6.07 Å². The first-order chi connectivity index (χ1) is 9.60. The van der Waals surface area contributed by atoms with Gasteiger partial charge >= 0.3 is 0 Å². The number of rotatable bonds is 5. The van der Waals surface area contributed by atoms with E-state index in [1.54, 1.807) is 43.5 Å². The van der Waals surface area contributed by atoms with Crippen molar-refractivity contribution in [1.82, 2.24) is 0 Å². The zero-order chi connectivity index (χ0) is 14.5. The van der Waals surface area contributed by atoms with Crippen molar-refractivity contribution in [3.8, 4) is 11.5 Å². The summed E-state index contributed by atoms with van der Waals surface area (Å²) in [7, 11) is 1.57. The number of primary amides is 1. The third kappa shape index (κ3) is 3.20. The minimum Gasteiger partial charge on any atom is -0.508 e. The van der Waals surface area contributed by atoms with Crippen LogP contribution in [0.2, 0.25) is 0 Å². The molecule has 0 spiro atoms. The monoisotopic (exact) mass is 272 g/mol. The molecule has 5 nitrogen and oxygen atoms in total. The average molecular weight is 272 g/mol. The van der Waals surface area contributed by atoms with Crippen LogP contribution < -0.4 is 15.8 Å². The van der Waals surface area contributed by atoms with Crippen LogP contribution in [-0.4, -0.2) is 18.1 Å². The molecular weight excluding hydrogens is 256 g/mol. The van der Waals surface area contributed by atoms with Gasteiger partial charge in [-0.25, -0.2) is 0 Å². The van der Waals surface area contributed by atoms with Gasteiger partial charge in [0.15, 0.2) is 0 Å². The largest absolute Gasteiger partial charge is 0.508 e. The van der Waals surface area contributed by atoms with Crippen LogP contribution in [0.5, 0.6) is 11.5 Å². The Morgan fingerprint density at radius 1 is 1.30 bits per heavy atom. The second-order valence-corrected chi connectivity index (χ2v) is 4.29. The number of anilines is 1. The Kier molecular flexibility index (Phi) is 4.10. The molecule has 0 aliphatic heterocycles. The Labute approximate surface area is 117 Å². The molecular formula is C15H16N2O3. The van der Waals surface area contributed by atoms with Crippen molar-refractivity contribution in [2.75, 3.05) is 12.4 Å². The van der Waals surface area contributed by atoms with Crippen LogP contribution in [0.25, 0.3) is 0 Å². The lowest BCUT2D eigenvalue weighted by Crippen LogP contribution is -2.11. The quantitative estimate of drug-likeness (QED) is 0.778. The van der Waals surface area contributed by atoms with Gasteiger partial charge in [-0.15, -0.1) is 0 Å². The van der Waals surface area contributed by atoms with E-state index in [9.17, 15) is 9.90 Å². The molecule has 0 fully saturated rings. The molecule has 0 radical (unpaired) electrons. The topological polar surface area (TPSA) is 84.6 Å². The van der Waals surface area contributed by atoms with Crippen molar-refractivity contribution < 1.29 is 14.6 Å². The van der Waals surface area contributed by atoms with Crippen LogP contribution in [0.1, 0.15) is 15.9 Å². The van der Waals surface area contributed by atoms with Crippen molar-refractivity contribution in [1.29, 1.82) is 0 Å². The van der Waals surface area contributed by atoms with Crippen LogP contribution in [0, 0.1) is 0 Å². The summed E-state index contributed by atoms with van der Waals surface area (Å²) in [5.41, 5.74) is 7.12. The van der Waals surface area contributed by atoms with E-state index in [2.05, 4.69) is 5.32 Å². The SMILES string of the molecule is COc1ccc(O)c(CNc2cccc(C(N)=O)c2)c1. The van der Waals surface area contributed by atoms with Crippen LogP contribution in [0.4, 0.5) is 5.69 Å². The van der Waals surface area contributed by atoms with E-state index in [1.165, 1.54) is 0 Å². The number of phenols is 1. The molecule has 1 amide bonds. The minimum atomic E-state index is -0.474. The van der Waals surface area contributed by atoms with E-state index in [4.69, 9.17) is 10.5 Å². The molecule has 0 saturated heterocycles. The van der Waals surface area contributed by atoms with Gasteiger partial charge in [-0.3, -0.25) is 4.79 Å². The van der Waals surface area contributed by atoms with Gasteiger partial charge < -0.3 is 20.9 Å². The second kappa shape index (κ2) is 5.97. The van der Waals surface area contributed by atoms with Gasteiger partial charge in [0.25, 0.3) is 0 Å². The van der Waals surface area contributed by atoms with E-state index in [0.717, 1.165) is 5.69 Å². The fourth-order valence-corrected chi connectivity index (χ4v) is 1.81. The van der Waals surface area contributed by atoms with Gasteiger partial charge in [0.05, 0.1) is 7.11 Å². The smallest absolute Gasteiger partial charge is 0.248 e. The highest BCUT2D eigenvalue weighted by molar-refractivity contribution is 5.93. The lowest BCUT2D eigenvalue weighted by atomic mass is 10.1. The third-order valence-electron chi connectivity index (χ3n) is 2.92. The zero-order valence-corrected chi connectivity index (χ0v) is 11.1. The Morgan fingerprint density at radius 3 is 2.80 bits per heavy atom. The number of phenolic OH excluding ortho intramolecular Hbond substituents is 1. The summed E-state index contributed by atoms with van der Waals surface area (Å²) >= 11 is 0. The van der Waals surface area contributed by atoms with E-state index < -0.39 is 5.91 Å². The molecule has 0 atom stereocenters. The van der Waals surface area contributed by atoms with E-state index in [0.29, 0.717) is 23.4 Å². The number of aromatic hydroxyl groups is 1. The molecule has 104 valence electrons.